The Balaban J connectivity index is 2.09. The highest BCUT2D eigenvalue weighted by atomic mass is 16.6. The summed E-state index contributed by atoms with van der Waals surface area (Å²) in [5, 5.41) is 10.8. The average molecular weight is 355 g/mol. The predicted molar refractivity (Wildman–Crippen MR) is 98.0 cm³/mol. The quantitative estimate of drug-likeness (QED) is 0.555. The van der Waals surface area contributed by atoms with Gasteiger partial charge in [-0.3, -0.25) is 24.0 Å². The number of nitrogens with zero attached hydrogens (tertiary/aromatic N) is 4. The highest BCUT2D eigenvalue weighted by Gasteiger charge is 2.14. The molecular formula is C17H17N5O4. The fraction of sp³-hybridized carbons (Fsp3) is 0.235. The highest BCUT2D eigenvalue weighted by Crippen LogP contribution is 2.15. The molecule has 0 aliphatic heterocycles. The zero-order valence-corrected chi connectivity index (χ0v) is 14.3. The van der Waals surface area contributed by atoms with Gasteiger partial charge in [0.25, 0.3) is 11.2 Å². The van der Waals surface area contributed by atoms with E-state index in [-0.39, 0.29) is 17.7 Å². The summed E-state index contributed by atoms with van der Waals surface area (Å²) in [6.07, 6.45) is 3.26. The van der Waals surface area contributed by atoms with E-state index in [0.717, 1.165) is 4.57 Å². The molecule has 9 nitrogen and oxygen atoms in total. The lowest BCUT2D eigenvalue weighted by Gasteiger charge is -2.06. The van der Waals surface area contributed by atoms with Crippen LogP contribution in [0.5, 0.6) is 0 Å². The summed E-state index contributed by atoms with van der Waals surface area (Å²) in [4.78, 5) is 42.4. The van der Waals surface area contributed by atoms with Gasteiger partial charge in [0.05, 0.1) is 4.92 Å². The van der Waals surface area contributed by atoms with E-state index in [1.807, 2.05) is 0 Å². The molecule has 0 fully saturated rings. The van der Waals surface area contributed by atoms with Gasteiger partial charge in [0.15, 0.2) is 5.65 Å². The SMILES string of the molecule is CCn1c(=O)c2[nH]c(C=Cc3cccc([N+](=O)[O-])c3)nc2n(CC)c1=O. The summed E-state index contributed by atoms with van der Waals surface area (Å²) < 4.78 is 2.58. The Morgan fingerprint density at radius 2 is 1.92 bits per heavy atom. The molecule has 0 atom stereocenters. The van der Waals surface area contributed by atoms with Crippen LogP contribution in [-0.2, 0) is 13.1 Å². The fourth-order valence-electron chi connectivity index (χ4n) is 2.74. The maximum atomic E-state index is 12.4. The molecule has 3 rings (SSSR count). The Morgan fingerprint density at radius 3 is 2.58 bits per heavy atom. The van der Waals surface area contributed by atoms with E-state index in [1.54, 1.807) is 38.1 Å². The molecule has 0 bridgehead atoms. The standard InChI is InChI=1S/C17H17N5O4/c1-3-20-15-14(16(23)21(4-2)17(20)24)18-13(19-15)9-8-11-6-5-7-12(10-11)22(25)26/h5-10H,3-4H2,1-2H3,(H,18,19). The van der Waals surface area contributed by atoms with E-state index in [4.69, 9.17) is 0 Å². The Labute approximate surface area is 147 Å². The molecule has 9 heteroatoms. The molecule has 1 N–H and O–H groups in total. The third-order valence-electron chi connectivity index (χ3n) is 4.03. The molecule has 0 saturated carbocycles. The van der Waals surface area contributed by atoms with Crippen molar-refractivity contribution in [2.24, 2.45) is 0 Å². The molecule has 0 spiro atoms. The van der Waals surface area contributed by atoms with Gasteiger partial charge in [-0.05, 0) is 25.5 Å². The number of aryl methyl sites for hydroxylation is 1. The number of hydrogen-bond donors (Lipinski definition) is 1. The Morgan fingerprint density at radius 1 is 1.19 bits per heavy atom. The van der Waals surface area contributed by atoms with E-state index < -0.39 is 16.2 Å². The second-order valence-electron chi connectivity index (χ2n) is 5.58. The second kappa shape index (κ2) is 6.79. The van der Waals surface area contributed by atoms with Gasteiger partial charge in [0.1, 0.15) is 11.3 Å². The largest absolute Gasteiger partial charge is 0.333 e. The average Bonchev–Trinajstić information content (AvgIpc) is 3.05. The van der Waals surface area contributed by atoms with Crippen LogP contribution in [0.1, 0.15) is 25.2 Å². The lowest BCUT2D eigenvalue weighted by atomic mass is 10.2. The third-order valence-corrected chi connectivity index (χ3v) is 4.03. The topological polar surface area (TPSA) is 116 Å². The molecule has 26 heavy (non-hydrogen) atoms. The molecular weight excluding hydrogens is 338 g/mol. The minimum Gasteiger partial charge on any atom is -0.333 e. The smallest absolute Gasteiger partial charge is 0.332 e. The van der Waals surface area contributed by atoms with Gasteiger partial charge in [-0.25, -0.2) is 9.78 Å². The molecule has 3 aromatic rings. The first-order chi connectivity index (χ1) is 12.5. The maximum Gasteiger partial charge on any atom is 0.332 e. The van der Waals surface area contributed by atoms with Gasteiger partial charge >= 0.3 is 5.69 Å². The Kier molecular flexibility index (Phi) is 4.53. The van der Waals surface area contributed by atoms with Crippen LogP contribution < -0.4 is 11.2 Å². The van der Waals surface area contributed by atoms with Crippen molar-refractivity contribution in [3.8, 4) is 0 Å². The molecule has 134 valence electrons. The first kappa shape index (κ1) is 17.3. The summed E-state index contributed by atoms with van der Waals surface area (Å²) in [6, 6.07) is 6.15. The van der Waals surface area contributed by atoms with Gasteiger partial charge in [-0.1, -0.05) is 18.2 Å². The maximum absolute atomic E-state index is 12.4. The van der Waals surface area contributed by atoms with Crippen molar-refractivity contribution in [1.82, 2.24) is 19.1 Å². The second-order valence-corrected chi connectivity index (χ2v) is 5.58. The van der Waals surface area contributed by atoms with Crippen molar-refractivity contribution in [2.75, 3.05) is 0 Å². The molecule has 0 aliphatic rings. The summed E-state index contributed by atoms with van der Waals surface area (Å²) in [5.74, 6) is 0.388. The van der Waals surface area contributed by atoms with Crippen molar-refractivity contribution in [2.45, 2.75) is 26.9 Å². The van der Waals surface area contributed by atoms with E-state index in [0.29, 0.717) is 23.6 Å². The zero-order valence-electron chi connectivity index (χ0n) is 14.3. The Bertz CT molecular complexity index is 1140. The summed E-state index contributed by atoms with van der Waals surface area (Å²) in [6.45, 7) is 4.19. The van der Waals surface area contributed by atoms with Gasteiger partial charge in [0.2, 0.25) is 0 Å². The van der Waals surface area contributed by atoms with Crippen LogP contribution in [0.25, 0.3) is 23.3 Å². The summed E-state index contributed by atoms with van der Waals surface area (Å²) in [5.41, 5.74) is 0.353. The zero-order chi connectivity index (χ0) is 18.8. The third kappa shape index (κ3) is 2.94. The van der Waals surface area contributed by atoms with E-state index in [2.05, 4.69) is 9.97 Å². The molecule has 0 radical (unpaired) electrons. The van der Waals surface area contributed by atoms with Gasteiger partial charge < -0.3 is 4.98 Å². The number of hydrogen-bond acceptors (Lipinski definition) is 5. The summed E-state index contributed by atoms with van der Waals surface area (Å²) in [7, 11) is 0. The number of nitrogens with one attached hydrogen (secondary N) is 1. The fourth-order valence-corrected chi connectivity index (χ4v) is 2.74. The van der Waals surface area contributed by atoms with Crippen molar-refractivity contribution in [3.63, 3.8) is 0 Å². The van der Waals surface area contributed by atoms with E-state index in [1.165, 1.54) is 16.7 Å². The molecule has 0 amide bonds. The molecule has 0 saturated heterocycles. The minimum atomic E-state index is -0.467. The first-order valence-electron chi connectivity index (χ1n) is 8.12. The molecule has 2 aromatic heterocycles. The number of benzene rings is 1. The van der Waals surface area contributed by atoms with Gasteiger partial charge in [0, 0.05) is 25.2 Å². The van der Waals surface area contributed by atoms with Crippen LogP contribution in [0.4, 0.5) is 5.69 Å². The number of imidazole rings is 1. The van der Waals surface area contributed by atoms with Crippen molar-refractivity contribution < 1.29 is 4.92 Å². The number of nitro benzene ring substituents is 1. The van der Waals surface area contributed by atoms with Crippen LogP contribution >= 0.6 is 0 Å². The number of aromatic nitrogens is 4. The number of aromatic amines is 1. The Hall–Kier alpha value is -3.49. The predicted octanol–water partition coefficient (Wildman–Crippen LogP) is 2.00. The van der Waals surface area contributed by atoms with Crippen molar-refractivity contribution in [1.29, 1.82) is 0 Å². The van der Waals surface area contributed by atoms with Gasteiger partial charge in [-0.2, -0.15) is 0 Å². The molecule has 0 aliphatic carbocycles. The number of rotatable bonds is 5. The van der Waals surface area contributed by atoms with Crippen LogP contribution in [0.3, 0.4) is 0 Å². The molecule has 1 aromatic carbocycles. The van der Waals surface area contributed by atoms with E-state index in [9.17, 15) is 19.7 Å². The van der Waals surface area contributed by atoms with Crippen molar-refractivity contribution in [3.05, 3.63) is 66.6 Å². The first-order valence-corrected chi connectivity index (χ1v) is 8.12. The highest BCUT2D eigenvalue weighted by molar-refractivity contribution is 5.75. The normalized spacial score (nSPS) is 11.5. The lowest BCUT2D eigenvalue weighted by molar-refractivity contribution is -0.384. The monoisotopic (exact) mass is 355 g/mol. The van der Waals surface area contributed by atoms with Crippen molar-refractivity contribution >= 4 is 29.0 Å². The molecule has 2 heterocycles. The minimum absolute atomic E-state index is 0.0117. The van der Waals surface area contributed by atoms with Crippen LogP contribution in [0, 0.1) is 10.1 Å². The van der Waals surface area contributed by atoms with Crippen LogP contribution in [0.15, 0.2) is 33.9 Å². The lowest BCUT2D eigenvalue weighted by Crippen LogP contribution is -2.39. The number of nitro groups is 1. The summed E-state index contributed by atoms with van der Waals surface area (Å²) >= 11 is 0. The number of fused-ring (bicyclic) bond motifs is 1. The van der Waals surface area contributed by atoms with Crippen LogP contribution in [-0.4, -0.2) is 24.0 Å². The van der Waals surface area contributed by atoms with E-state index >= 15 is 0 Å². The van der Waals surface area contributed by atoms with Crippen LogP contribution in [0.2, 0.25) is 0 Å². The molecule has 0 unspecified atom stereocenters. The number of non-ortho nitro benzene ring substituents is 1. The number of H-pyrrole nitrogens is 1. The van der Waals surface area contributed by atoms with Gasteiger partial charge in [-0.15, -0.1) is 0 Å².